The molecular weight excluding hydrogens is 513 g/mol. The highest BCUT2D eigenvalue weighted by Crippen LogP contribution is 2.23. The Morgan fingerprint density at radius 3 is 2.28 bits per heavy atom. The molecule has 0 saturated carbocycles. The van der Waals surface area contributed by atoms with Crippen molar-refractivity contribution in [3.63, 3.8) is 0 Å². The Kier molecular flexibility index (Phi) is 11.5. The molecule has 1 fully saturated rings. The first-order valence-electron chi connectivity index (χ1n) is 11.2. The van der Waals surface area contributed by atoms with Crippen LogP contribution in [0.1, 0.15) is 36.3 Å². The van der Waals surface area contributed by atoms with Gasteiger partial charge in [0.2, 0.25) is 5.91 Å². The van der Waals surface area contributed by atoms with Crippen LogP contribution in [-0.4, -0.2) is 56.5 Å². The number of primary amides is 1. The van der Waals surface area contributed by atoms with Crippen LogP contribution in [0.4, 0.5) is 0 Å². The van der Waals surface area contributed by atoms with Gasteiger partial charge in [-0.25, -0.2) is 0 Å². The van der Waals surface area contributed by atoms with Gasteiger partial charge in [-0.1, -0.05) is 60.7 Å². The highest BCUT2D eigenvalue weighted by atomic mass is 127. The van der Waals surface area contributed by atoms with E-state index in [-0.39, 0.29) is 41.7 Å². The van der Waals surface area contributed by atoms with E-state index in [9.17, 15) is 4.79 Å². The lowest BCUT2D eigenvalue weighted by atomic mass is 9.91. The molecule has 4 N–H and O–H groups in total. The Hall–Kier alpha value is -2.13. The largest absolute Gasteiger partial charge is 0.369 e. The molecule has 174 valence electrons. The summed E-state index contributed by atoms with van der Waals surface area (Å²) in [4.78, 5) is 18.2. The smallest absolute Gasteiger partial charge is 0.221 e. The van der Waals surface area contributed by atoms with Crippen molar-refractivity contribution in [2.75, 3.05) is 39.8 Å². The molecule has 1 amide bonds. The Balaban J connectivity index is 0.00000363. The normalized spacial score (nSPS) is 16.9. The lowest BCUT2D eigenvalue weighted by molar-refractivity contribution is -0.123. The number of benzene rings is 2. The molecular formula is C25H36IN5O. The van der Waals surface area contributed by atoms with Crippen molar-refractivity contribution in [3.05, 3.63) is 71.8 Å². The molecule has 2 aromatic rings. The first-order chi connectivity index (χ1) is 15.2. The molecule has 1 atom stereocenters. The molecule has 2 aromatic carbocycles. The molecule has 7 heteroatoms. The summed E-state index contributed by atoms with van der Waals surface area (Å²) in [6.07, 6.45) is 2.96. The minimum atomic E-state index is -0.168. The van der Waals surface area contributed by atoms with E-state index in [1.54, 1.807) is 7.05 Å². The second-order valence-corrected chi connectivity index (χ2v) is 8.15. The Morgan fingerprint density at radius 2 is 1.72 bits per heavy atom. The standard InChI is InChI=1S/C25H35N5O.HI/c1-27-25(28-15-9-17-30-16-8-14-22(19-30)24(26)31)29-18-23(20-10-4-2-5-11-20)21-12-6-3-7-13-21;/h2-7,10-13,22-23H,8-9,14-19H2,1H3,(H2,26,31)(H2,27,28,29);1H. The fraction of sp³-hybridized carbons (Fsp3) is 0.440. The first-order valence-corrected chi connectivity index (χ1v) is 11.2. The second-order valence-electron chi connectivity index (χ2n) is 8.15. The van der Waals surface area contributed by atoms with Crippen LogP contribution < -0.4 is 16.4 Å². The number of hydrogen-bond acceptors (Lipinski definition) is 3. The lowest BCUT2D eigenvalue weighted by Crippen LogP contribution is -2.43. The highest BCUT2D eigenvalue weighted by molar-refractivity contribution is 14.0. The van der Waals surface area contributed by atoms with E-state index in [4.69, 9.17) is 5.73 Å². The van der Waals surface area contributed by atoms with E-state index < -0.39 is 0 Å². The third-order valence-corrected chi connectivity index (χ3v) is 5.95. The predicted molar refractivity (Wildman–Crippen MR) is 142 cm³/mol. The van der Waals surface area contributed by atoms with Crippen molar-refractivity contribution in [1.29, 1.82) is 0 Å². The van der Waals surface area contributed by atoms with Crippen molar-refractivity contribution < 1.29 is 4.79 Å². The maximum Gasteiger partial charge on any atom is 0.221 e. The molecule has 6 nitrogen and oxygen atoms in total. The summed E-state index contributed by atoms with van der Waals surface area (Å²) in [5.41, 5.74) is 8.05. The highest BCUT2D eigenvalue weighted by Gasteiger charge is 2.23. The number of guanidine groups is 1. The van der Waals surface area contributed by atoms with Crippen molar-refractivity contribution in [3.8, 4) is 0 Å². The van der Waals surface area contributed by atoms with Gasteiger partial charge >= 0.3 is 0 Å². The van der Waals surface area contributed by atoms with Crippen molar-refractivity contribution in [1.82, 2.24) is 15.5 Å². The molecule has 1 saturated heterocycles. The Morgan fingerprint density at radius 1 is 1.09 bits per heavy atom. The number of hydrogen-bond donors (Lipinski definition) is 3. The summed E-state index contributed by atoms with van der Waals surface area (Å²) in [7, 11) is 1.80. The molecule has 1 aliphatic rings. The van der Waals surface area contributed by atoms with Gasteiger partial charge in [-0.15, -0.1) is 24.0 Å². The van der Waals surface area contributed by atoms with Crippen LogP contribution in [0.15, 0.2) is 65.7 Å². The summed E-state index contributed by atoms with van der Waals surface area (Å²) >= 11 is 0. The predicted octanol–water partition coefficient (Wildman–Crippen LogP) is 3.19. The van der Waals surface area contributed by atoms with E-state index in [1.807, 2.05) is 12.1 Å². The van der Waals surface area contributed by atoms with Gasteiger partial charge in [0.15, 0.2) is 5.96 Å². The van der Waals surface area contributed by atoms with Gasteiger partial charge in [0, 0.05) is 32.6 Å². The number of aliphatic imine (C=N–C) groups is 1. The number of carbonyl (C=O) groups excluding carboxylic acids is 1. The van der Waals surface area contributed by atoms with Crippen molar-refractivity contribution >= 4 is 35.8 Å². The SMILES string of the molecule is CN=C(NCCCN1CCCC(C(N)=O)C1)NCC(c1ccccc1)c1ccccc1.I. The number of rotatable bonds is 9. The first kappa shape index (κ1) is 26.1. The summed E-state index contributed by atoms with van der Waals surface area (Å²) in [6, 6.07) is 21.1. The molecule has 32 heavy (non-hydrogen) atoms. The van der Waals surface area contributed by atoms with Crippen molar-refractivity contribution in [2.45, 2.75) is 25.2 Å². The number of piperidine rings is 1. The minimum Gasteiger partial charge on any atom is -0.369 e. The van der Waals surface area contributed by atoms with Gasteiger partial charge in [0.1, 0.15) is 0 Å². The van der Waals surface area contributed by atoms with Crippen LogP contribution in [0.25, 0.3) is 0 Å². The van der Waals surface area contributed by atoms with E-state index in [1.165, 1.54) is 11.1 Å². The minimum absolute atomic E-state index is 0. The third kappa shape index (κ3) is 8.09. The van der Waals surface area contributed by atoms with Crippen LogP contribution in [0.3, 0.4) is 0 Å². The van der Waals surface area contributed by atoms with Crippen LogP contribution in [0.5, 0.6) is 0 Å². The maximum atomic E-state index is 11.4. The number of carbonyl (C=O) groups is 1. The van der Waals surface area contributed by atoms with Crippen LogP contribution in [0, 0.1) is 5.92 Å². The molecule has 0 spiro atoms. The van der Waals surface area contributed by atoms with E-state index in [0.29, 0.717) is 0 Å². The molecule has 0 bridgehead atoms. The maximum absolute atomic E-state index is 11.4. The zero-order valence-corrected chi connectivity index (χ0v) is 21.2. The molecule has 3 rings (SSSR count). The Labute approximate surface area is 209 Å². The second kappa shape index (κ2) is 14.1. The number of nitrogens with zero attached hydrogens (tertiary/aromatic N) is 2. The lowest BCUT2D eigenvalue weighted by Gasteiger charge is -2.31. The van der Waals surface area contributed by atoms with Crippen molar-refractivity contribution in [2.24, 2.45) is 16.6 Å². The summed E-state index contributed by atoms with van der Waals surface area (Å²) in [5, 5.41) is 6.91. The average Bonchev–Trinajstić information content (AvgIpc) is 2.82. The zero-order chi connectivity index (χ0) is 21.9. The molecule has 0 aromatic heterocycles. The zero-order valence-electron chi connectivity index (χ0n) is 18.9. The van der Waals surface area contributed by atoms with Gasteiger partial charge in [-0.05, 0) is 43.5 Å². The molecule has 1 heterocycles. The quantitative estimate of drug-likeness (QED) is 0.194. The summed E-state index contributed by atoms with van der Waals surface area (Å²) in [5.74, 6) is 0.897. The van der Waals surface area contributed by atoms with Gasteiger partial charge in [0.25, 0.3) is 0 Å². The summed E-state index contributed by atoms with van der Waals surface area (Å²) in [6.45, 7) is 4.40. The van der Waals surface area contributed by atoms with E-state index in [0.717, 1.165) is 57.9 Å². The monoisotopic (exact) mass is 549 g/mol. The number of nitrogens with one attached hydrogen (secondary N) is 2. The molecule has 1 unspecified atom stereocenters. The average molecular weight is 550 g/mol. The Bertz CT molecular complexity index is 791. The van der Waals surface area contributed by atoms with Gasteiger partial charge in [0.05, 0.1) is 5.92 Å². The number of halogens is 1. The number of nitrogens with two attached hydrogens (primary N) is 1. The van der Waals surface area contributed by atoms with Crippen LogP contribution in [-0.2, 0) is 4.79 Å². The fourth-order valence-corrected chi connectivity index (χ4v) is 4.22. The van der Waals surface area contributed by atoms with E-state index >= 15 is 0 Å². The van der Waals surface area contributed by atoms with Gasteiger partial charge < -0.3 is 21.3 Å². The van der Waals surface area contributed by atoms with Gasteiger partial charge in [-0.2, -0.15) is 0 Å². The third-order valence-electron chi connectivity index (χ3n) is 5.95. The number of amides is 1. The van der Waals surface area contributed by atoms with Crippen LogP contribution in [0.2, 0.25) is 0 Å². The van der Waals surface area contributed by atoms with Crippen LogP contribution >= 0.6 is 24.0 Å². The molecule has 1 aliphatic heterocycles. The topological polar surface area (TPSA) is 82.8 Å². The van der Waals surface area contributed by atoms with Gasteiger partial charge in [-0.3, -0.25) is 9.79 Å². The summed E-state index contributed by atoms with van der Waals surface area (Å²) < 4.78 is 0. The van der Waals surface area contributed by atoms with E-state index in [2.05, 4.69) is 69.1 Å². The fourth-order valence-electron chi connectivity index (χ4n) is 4.22. The molecule has 0 aliphatic carbocycles. The molecule has 0 radical (unpaired) electrons. The number of likely N-dealkylation sites (tertiary alicyclic amines) is 1.